The number of hydrogen-bond donors (Lipinski definition) is 1. The van der Waals surface area contributed by atoms with Gasteiger partial charge in [0.15, 0.2) is 9.84 Å². The van der Waals surface area contributed by atoms with E-state index in [-0.39, 0.29) is 11.3 Å². The topological polar surface area (TPSA) is 55.4 Å². The second-order valence-corrected chi connectivity index (χ2v) is 8.89. The summed E-state index contributed by atoms with van der Waals surface area (Å²) in [7, 11) is -3.02. The van der Waals surface area contributed by atoms with E-state index in [2.05, 4.69) is 12.2 Å². The Morgan fingerprint density at radius 2 is 1.76 bits per heavy atom. The Morgan fingerprint density at radius 1 is 1.24 bits per heavy atom. The summed E-state index contributed by atoms with van der Waals surface area (Å²) in [4.78, 5) is 0. The van der Waals surface area contributed by atoms with Crippen LogP contribution in [-0.2, 0) is 14.6 Å². The van der Waals surface area contributed by atoms with E-state index in [1.807, 2.05) is 0 Å². The van der Waals surface area contributed by atoms with Gasteiger partial charge in [0.2, 0.25) is 0 Å². The first-order valence-corrected chi connectivity index (χ1v) is 7.87. The van der Waals surface area contributed by atoms with E-state index >= 15 is 0 Å². The van der Waals surface area contributed by atoms with E-state index in [1.54, 1.807) is 20.8 Å². The minimum atomic E-state index is -3.02. The van der Waals surface area contributed by atoms with E-state index in [4.69, 9.17) is 4.74 Å². The highest BCUT2D eigenvalue weighted by Crippen LogP contribution is 2.20. The maximum Gasteiger partial charge on any atom is 0.156 e. The van der Waals surface area contributed by atoms with Crippen molar-refractivity contribution in [2.75, 3.05) is 25.5 Å². The quantitative estimate of drug-likeness (QED) is 0.832. The molecule has 0 amide bonds. The first-order chi connectivity index (χ1) is 7.66. The summed E-state index contributed by atoms with van der Waals surface area (Å²) in [6.07, 6.45) is 1.89. The zero-order valence-electron chi connectivity index (χ0n) is 11.4. The van der Waals surface area contributed by atoms with Crippen LogP contribution in [-0.4, -0.2) is 44.2 Å². The molecule has 0 saturated carbocycles. The average Bonchev–Trinajstić information content (AvgIpc) is 2.16. The highest BCUT2D eigenvalue weighted by molar-refractivity contribution is 7.92. The van der Waals surface area contributed by atoms with Crippen molar-refractivity contribution in [1.82, 2.24) is 5.32 Å². The molecule has 0 spiro atoms. The van der Waals surface area contributed by atoms with Crippen LogP contribution in [0.15, 0.2) is 0 Å². The smallest absolute Gasteiger partial charge is 0.156 e. The van der Waals surface area contributed by atoms with E-state index < -0.39 is 14.6 Å². The molecule has 0 aliphatic carbocycles. The number of hydrogen-bond acceptors (Lipinski definition) is 4. The van der Waals surface area contributed by atoms with Gasteiger partial charge in [-0.05, 0) is 40.5 Å². The van der Waals surface area contributed by atoms with Crippen molar-refractivity contribution in [3.8, 4) is 0 Å². The van der Waals surface area contributed by atoms with Gasteiger partial charge in [-0.3, -0.25) is 0 Å². The highest BCUT2D eigenvalue weighted by Gasteiger charge is 2.30. The van der Waals surface area contributed by atoms with Crippen LogP contribution in [0.2, 0.25) is 0 Å². The van der Waals surface area contributed by atoms with Crippen molar-refractivity contribution < 1.29 is 13.2 Å². The van der Waals surface area contributed by atoms with Gasteiger partial charge in [0.05, 0.1) is 10.5 Å². The fourth-order valence-electron chi connectivity index (χ4n) is 1.79. The Hall–Kier alpha value is -0.130. The minimum absolute atomic E-state index is 0.0334. The van der Waals surface area contributed by atoms with Gasteiger partial charge in [0.1, 0.15) is 0 Å². The molecule has 1 N–H and O–H groups in total. The SMILES string of the molecule is CC1(NCCS(=O)(=O)C(C)(C)C)CCOCC1. The molecular weight excluding hydrogens is 238 g/mol. The molecule has 1 rings (SSSR count). The van der Waals surface area contributed by atoms with Gasteiger partial charge in [-0.1, -0.05) is 0 Å². The molecule has 0 unspecified atom stereocenters. The largest absolute Gasteiger partial charge is 0.381 e. The van der Waals surface area contributed by atoms with Gasteiger partial charge in [0.25, 0.3) is 0 Å². The lowest BCUT2D eigenvalue weighted by Crippen LogP contribution is -2.49. The van der Waals surface area contributed by atoms with Crippen LogP contribution in [0.25, 0.3) is 0 Å². The molecule has 4 nitrogen and oxygen atoms in total. The van der Waals surface area contributed by atoms with Crippen LogP contribution in [0.4, 0.5) is 0 Å². The summed E-state index contributed by atoms with van der Waals surface area (Å²) in [5.74, 6) is 0.201. The van der Waals surface area contributed by atoms with Crippen LogP contribution in [0, 0.1) is 0 Å². The predicted octanol–water partition coefficient (Wildman–Crippen LogP) is 1.36. The van der Waals surface area contributed by atoms with Crippen LogP contribution in [0.5, 0.6) is 0 Å². The predicted molar refractivity (Wildman–Crippen MR) is 70.0 cm³/mol. The van der Waals surface area contributed by atoms with Crippen molar-refractivity contribution in [2.24, 2.45) is 0 Å². The first kappa shape index (κ1) is 14.9. The van der Waals surface area contributed by atoms with E-state index in [9.17, 15) is 8.42 Å². The second kappa shape index (κ2) is 5.24. The molecule has 1 aliphatic rings. The van der Waals surface area contributed by atoms with Crippen molar-refractivity contribution >= 4 is 9.84 Å². The van der Waals surface area contributed by atoms with Crippen molar-refractivity contribution in [2.45, 2.75) is 50.8 Å². The molecular formula is C12H25NO3S. The van der Waals surface area contributed by atoms with E-state index in [1.165, 1.54) is 0 Å². The summed E-state index contributed by atoms with van der Waals surface area (Å²) < 4.78 is 28.5. The fraction of sp³-hybridized carbons (Fsp3) is 1.00. The molecule has 5 heteroatoms. The summed E-state index contributed by atoms with van der Waals surface area (Å²) in [6.45, 7) is 9.43. The molecule has 1 saturated heterocycles. The number of sulfone groups is 1. The van der Waals surface area contributed by atoms with Crippen LogP contribution in [0.1, 0.15) is 40.5 Å². The van der Waals surface area contributed by atoms with Crippen LogP contribution in [0.3, 0.4) is 0 Å². The van der Waals surface area contributed by atoms with Gasteiger partial charge in [-0.2, -0.15) is 0 Å². The standard InChI is InChI=1S/C12H25NO3S/c1-11(2,3)17(14,15)10-7-13-12(4)5-8-16-9-6-12/h13H,5-10H2,1-4H3. The molecule has 0 atom stereocenters. The van der Waals surface area contributed by atoms with E-state index in [0.29, 0.717) is 6.54 Å². The average molecular weight is 263 g/mol. The van der Waals surface area contributed by atoms with Gasteiger partial charge in [0, 0.05) is 25.3 Å². The lowest BCUT2D eigenvalue weighted by molar-refractivity contribution is 0.0461. The zero-order valence-corrected chi connectivity index (χ0v) is 12.2. The third-order valence-electron chi connectivity index (χ3n) is 3.45. The summed E-state index contributed by atoms with van der Waals surface area (Å²) in [6, 6.07) is 0. The molecule has 102 valence electrons. The molecule has 0 aromatic heterocycles. The van der Waals surface area contributed by atoms with Gasteiger partial charge in [-0.25, -0.2) is 8.42 Å². The molecule has 0 aromatic rings. The summed E-state index contributed by atoms with van der Waals surface area (Å²) in [5, 5.41) is 3.37. The summed E-state index contributed by atoms with van der Waals surface area (Å²) >= 11 is 0. The maximum atomic E-state index is 11.9. The monoisotopic (exact) mass is 263 g/mol. The van der Waals surface area contributed by atoms with Crippen molar-refractivity contribution in [1.29, 1.82) is 0 Å². The minimum Gasteiger partial charge on any atom is -0.381 e. The molecule has 17 heavy (non-hydrogen) atoms. The Morgan fingerprint density at radius 3 is 2.24 bits per heavy atom. The lowest BCUT2D eigenvalue weighted by Gasteiger charge is -2.35. The van der Waals surface area contributed by atoms with Gasteiger partial charge in [-0.15, -0.1) is 0 Å². The Balaban J connectivity index is 2.42. The molecule has 0 aromatic carbocycles. The third kappa shape index (κ3) is 4.23. The first-order valence-electron chi connectivity index (χ1n) is 6.21. The molecule has 0 bridgehead atoms. The Labute approximate surface area is 105 Å². The zero-order chi connectivity index (χ0) is 13.2. The normalized spacial score (nSPS) is 21.4. The maximum absolute atomic E-state index is 11.9. The number of rotatable bonds is 4. The Bertz CT molecular complexity index is 337. The lowest BCUT2D eigenvalue weighted by atomic mass is 9.93. The van der Waals surface area contributed by atoms with E-state index in [0.717, 1.165) is 26.1 Å². The summed E-state index contributed by atoms with van der Waals surface area (Å²) in [5.41, 5.74) is 0.0334. The molecule has 0 radical (unpaired) electrons. The molecule has 1 heterocycles. The molecule has 1 fully saturated rings. The van der Waals surface area contributed by atoms with Crippen LogP contribution < -0.4 is 5.32 Å². The number of nitrogens with one attached hydrogen (secondary N) is 1. The third-order valence-corrected chi connectivity index (χ3v) is 6.06. The highest BCUT2D eigenvalue weighted by atomic mass is 32.2. The van der Waals surface area contributed by atoms with Crippen molar-refractivity contribution in [3.63, 3.8) is 0 Å². The van der Waals surface area contributed by atoms with Crippen molar-refractivity contribution in [3.05, 3.63) is 0 Å². The van der Waals surface area contributed by atoms with Gasteiger partial charge >= 0.3 is 0 Å². The van der Waals surface area contributed by atoms with Gasteiger partial charge < -0.3 is 10.1 Å². The number of ether oxygens (including phenoxy) is 1. The molecule has 1 aliphatic heterocycles. The fourth-order valence-corrected chi connectivity index (χ4v) is 2.78. The Kier molecular flexibility index (Phi) is 4.60. The van der Waals surface area contributed by atoms with Crippen LogP contribution >= 0.6 is 0 Å². The second-order valence-electron chi connectivity index (χ2n) is 6.03.